The van der Waals surface area contributed by atoms with E-state index in [9.17, 15) is 0 Å². The zero-order valence-corrected chi connectivity index (χ0v) is 9.21. The van der Waals surface area contributed by atoms with Gasteiger partial charge in [-0.2, -0.15) is 0 Å². The van der Waals surface area contributed by atoms with Gasteiger partial charge in [0, 0.05) is 11.6 Å². The van der Waals surface area contributed by atoms with E-state index >= 15 is 0 Å². The zero-order valence-electron chi connectivity index (χ0n) is 9.21. The van der Waals surface area contributed by atoms with Gasteiger partial charge in [-0.05, 0) is 44.6 Å². The van der Waals surface area contributed by atoms with Gasteiger partial charge in [-0.3, -0.25) is 0 Å². The van der Waals surface area contributed by atoms with Crippen LogP contribution in [-0.4, -0.2) is 0 Å². The van der Waals surface area contributed by atoms with Crippen molar-refractivity contribution < 1.29 is 4.42 Å². The highest BCUT2D eigenvalue weighted by Gasteiger charge is 2.33. The summed E-state index contributed by atoms with van der Waals surface area (Å²) in [7, 11) is 0. The summed E-state index contributed by atoms with van der Waals surface area (Å²) in [5.74, 6) is 3.39. The van der Waals surface area contributed by atoms with E-state index in [1.54, 1.807) is 0 Å². The number of furan rings is 1. The van der Waals surface area contributed by atoms with Crippen LogP contribution in [0.4, 0.5) is 0 Å². The summed E-state index contributed by atoms with van der Waals surface area (Å²) in [4.78, 5) is 0. The molecule has 2 unspecified atom stereocenters. The van der Waals surface area contributed by atoms with Crippen LogP contribution in [-0.2, 0) is 0 Å². The molecule has 1 aromatic rings. The van der Waals surface area contributed by atoms with E-state index in [1.807, 2.05) is 13.8 Å². The fraction of sp³-hybridized carbons (Fsp3) is 0.667. The second-order valence-electron chi connectivity index (χ2n) is 4.59. The Balaban J connectivity index is 2.16. The molecule has 0 spiro atoms. The van der Waals surface area contributed by atoms with E-state index in [-0.39, 0.29) is 6.04 Å². The van der Waals surface area contributed by atoms with E-state index in [2.05, 4.69) is 13.0 Å². The molecule has 2 atom stereocenters. The summed E-state index contributed by atoms with van der Waals surface area (Å²) >= 11 is 0. The standard InChI is InChI=1S/C12H19NO/c1-7-6-11(9(3)14-7)12(13)8(2)10-4-5-10/h6,8,10,12H,4-5,13H2,1-3H3. The summed E-state index contributed by atoms with van der Waals surface area (Å²) in [6, 6.07) is 2.23. The first-order valence-corrected chi connectivity index (χ1v) is 5.42. The first-order valence-electron chi connectivity index (χ1n) is 5.42. The average molecular weight is 193 g/mol. The molecule has 0 saturated heterocycles. The van der Waals surface area contributed by atoms with E-state index < -0.39 is 0 Å². The highest BCUT2D eigenvalue weighted by molar-refractivity contribution is 5.24. The van der Waals surface area contributed by atoms with Gasteiger partial charge in [0.1, 0.15) is 11.5 Å². The highest BCUT2D eigenvalue weighted by atomic mass is 16.3. The van der Waals surface area contributed by atoms with E-state index in [0.717, 1.165) is 17.4 Å². The van der Waals surface area contributed by atoms with Crippen LogP contribution in [0, 0.1) is 25.7 Å². The van der Waals surface area contributed by atoms with Gasteiger partial charge in [0.25, 0.3) is 0 Å². The molecule has 1 fully saturated rings. The fourth-order valence-electron chi connectivity index (χ4n) is 2.18. The second-order valence-corrected chi connectivity index (χ2v) is 4.59. The molecule has 0 aromatic carbocycles. The van der Waals surface area contributed by atoms with Crippen molar-refractivity contribution >= 4 is 0 Å². The largest absolute Gasteiger partial charge is 0.466 e. The van der Waals surface area contributed by atoms with E-state index in [1.165, 1.54) is 18.4 Å². The summed E-state index contributed by atoms with van der Waals surface area (Å²) in [5.41, 5.74) is 7.43. The number of nitrogens with two attached hydrogens (primary N) is 1. The molecule has 2 nitrogen and oxygen atoms in total. The molecule has 2 heteroatoms. The van der Waals surface area contributed by atoms with Gasteiger partial charge < -0.3 is 10.2 Å². The van der Waals surface area contributed by atoms with Crippen molar-refractivity contribution in [2.45, 2.75) is 39.7 Å². The molecule has 78 valence electrons. The van der Waals surface area contributed by atoms with Crippen molar-refractivity contribution in [1.29, 1.82) is 0 Å². The first-order chi connectivity index (χ1) is 6.59. The lowest BCUT2D eigenvalue weighted by atomic mass is 9.91. The van der Waals surface area contributed by atoms with E-state index in [4.69, 9.17) is 10.2 Å². The lowest BCUT2D eigenvalue weighted by Crippen LogP contribution is -2.20. The van der Waals surface area contributed by atoms with Gasteiger partial charge in [0.15, 0.2) is 0 Å². The van der Waals surface area contributed by atoms with Crippen molar-refractivity contribution in [2.75, 3.05) is 0 Å². The van der Waals surface area contributed by atoms with Crippen molar-refractivity contribution in [3.63, 3.8) is 0 Å². The van der Waals surface area contributed by atoms with Crippen molar-refractivity contribution in [1.82, 2.24) is 0 Å². The van der Waals surface area contributed by atoms with Crippen LogP contribution in [0.5, 0.6) is 0 Å². The average Bonchev–Trinajstić information content (AvgIpc) is 2.90. The van der Waals surface area contributed by atoms with Gasteiger partial charge >= 0.3 is 0 Å². The molecule has 2 rings (SSSR count). The molecule has 0 amide bonds. The van der Waals surface area contributed by atoms with Crippen molar-refractivity contribution in [2.24, 2.45) is 17.6 Å². The van der Waals surface area contributed by atoms with Gasteiger partial charge in [-0.1, -0.05) is 6.92 Å². The maximum Gasteiger partial charge on any atom is 0.105 e. The van der Waals surface area contributed by atoms with Gasteiger partial charge in [0.05, 0.1) is 0 Å². The zero-order chi connectivity index (χ0) is 10.3. The highest BCUT2D eigenvalue weighted by Crippen LogP contribution is 2.42. The number of hydrogen-bond acceptors (Lipinski definition) is 2. The van der Waals surface area contributed by atoms with Crippen molar-refractivity contribution in [3.05, 3.63) is 23.2 Å². The monoisotopic (exact) mass is 193 g/mol. The second kappa shape index (κ2) is 3.43. The van der Waals surface area contributed by atoms with Crippen LogP contribution in [0.15, 0.2) is 10.5 Å². The number of rotatable bonds is 3. The smallest absolute Gasteiger partial charge is 0.105 e. The summed E-state index contributed by atoms with van der Waals surface area (Å²) < 4.78 is 5.51. The Labute approximate surface area is 85.5 Å². The minimum absolute atomic E-state index is 0.153. The third-order valence-electron chi connectivity index (χ3n) is 3.37. The Bertz CT molecular complexity index is 325. The van der Waals surface area contributed by atoms with Gasteiger partial charge in [-0.15, -0.1) is 0 Å². The minimum atomic E-state index is 0.153. The molecule has 1 aliphatic carbocycles. The maximum atomic E-state index is 6.23. The molecule has 1 heterocycles. The topological polar surface area (TPSA) is 39.2 Å². The van der Waals surface area contributed by atoms with Crippen molar-refractivity contribution in [3.8, 4) is 0 Å². The molecule has 1 aliphatic rings. The predicted molar refractivity (Wildman–Crippen MR) is 57.0 cm³/mol. The molecule has 14 heavy (non-hydrogen) atoms. The van der Waals surface area contributed by atoms with Crippen LogP contribution in [0.1, 0.15) is 42.9 Å². The molecule has 0 aliphatic heterocycles. The van der Waals surface area contributed by atoms with Crippen LogP contribution in [0.3, 0.4) is 0 Å². The molecular formula is C12H19NO. The first kappa shape index (κ1) is 9.78. The normalized spacial score (nSPS) is 20.9. The third-order valence-corrected chi connectivity index (χ3v) is 3.37. The molecule has 0 bridgehead atoms. The Kier molecular flexibility index (Phi) is 2.40. The van der Waals surface area contributed by atoms with Crippen LogP contribution >= 0.6 is 0 Å². The lowest BCUT2D eigenvalue weighted by Gasteiger charge is -2.18. The lowest BCUT2D eigenvalue weighted by molar-refractivity contribution is 0.408. The van der Waals surface area contributed by atoms with Crippen LogP contribution in [0.25, 0.3) is 0 Å². The quantitative estimate of drug-likeness (QED) is 0.801. The van der Waals surface area contributed by atoms with Crippen LogP contribution < -0.4 is 5.73 Å². The summed E-state index contributed by atoms with van der Waals surface area (Å²) in [5, 5.41) is 0. The fourth-order valence-corrected chi connectivity index (χ4v) is 2.18. The number of hydrogen-bond donors (Lipinski definition) is 1. The Morgan fingerprint density at radius 2 is 2.07 bits per heavy atom. The van der Waals surface area contributed by atoms with Gasteiger partial charge in [0.2, 0.25) is 0 Å². The van der Waals surface area contributed by atoms with Crippen LogP contribution in [0.2, 0.25) is 0 Å². The summed E-state index contributed by atoms with van der Waals surface area (Å²) in [6.07, 6.45) is 2.70. The Morgan fingerprint density at radius 3 is 2.50 bits per heavy atom. The SMILES string of the molecule is Cc1cc(C(N)C(C)C2CC2)c(C)o1. The summed E-state index contributed by atoms with van der Waals surface area (Å²) in [6.45, 7) is 6.23. The molecule has 1 saturated carbocycles. The molecule has 1 aromatic heterocycles. The molecule has 2 N–H and O–H groups in total. The predicted octanol–water partition coefficient (Wildman–Crippen LogP) is 2.94. The maximum absolute atomic E-state index is 6.23. The van der Waals surface area contributed by atoms with E-state index in [0.29, 0.717) is 5.92 Å². The third kappa shape index (κ3) is 1.71. The van der Waals surface area contributed by atoms with Gasteiger partial charge in [-0.25, -0.2) is 0 Å². The molecule has 0 radical (unpaired) electrons. The molecular weight excluding hydrogens is 174 g/mol. The Hall–Kier alpha value is -0.760. The Morgan fingerprint density at radius 1 is 1.43 bits per heavy atom. The number of aryl methyl sites for hydroxylation is 2. The minimum Gasteiger partial charge on any atom is -0.466 e.